The number of hydrogen-bond acceptors (Lipinski definition) is 2. The zero-order valence-corrected chi connectivity index (χ0v) is 17.5. The van der Waals surface area contributed by atoms with Crippen LogP contribution in [-0.2, 0) is 12.8 Å². The van der Waals surface area contributed by atoms with E-state index in [1.54, 1.807) is 12.1 Å². The van der Waals surface area contributed by atoms with Gasteiger partial charge in [0.15, 0.2) is 0 Å². The molecule has 0 aliphatic heterocycles. The van der Waals surface area contributed by atoms with Crippen LogP contribution in [0.3, 0.4) is 0 Å². The number of carbonyl (C=O) groups is 1. The van der Waals surface area contributed by atoms with Gasteiger partial charge in [0.1, 0.15) is 0 Å². The largest absolute Gasteiger partial charge is 0.478 e. The van der Waals surface area contributed by atoms with Gasteiger partial charge >= 0.3 is 5.97 Å². The van der Waals surface area contributed by atoms with Crippen LogP contribution in [0.5, 0.6) is 0 Å². The minimum atomic E-state index is -0.895. The highest BCUT2D eigenvalue weighted by Crippen LogP contribution is 2.34. The van der Waals surface area contributed by atoms with E-state index < -0.39 is 5.97 Å². The Hall–Kier alpha value is -2.88. The van der Waals surface area contributed by atoms with Crippen molar-refractivity contribution < 1.29 is 9.90 Å². The maximum atomic E-state index is 12.0. The van der Waals surface area contributed by atoms with Crippen molar-refractivity contribution in [3.05, 3.63) is 71.4 Å². The molecule has 4 heteroatoms. The van der Waals surface area contributed by atoms with E-state index in [0.717, 1.165) is 48.3 Å². The van der Waals surface area contributed by atoms with Crippen molar-refractivity contribution in [3.63, 3.8) is 0 Å². The number of benzene rings is 2. The fourth-order valence-corrected chi connectivity index (χ4v) is 4.52. The summed E-state index contributed by atoms with van der Waals surface area (Å²) >= 11 is 0. The Labute approximate surface area is 178 Å². The third-order valence-electron chi connectivity index (χ3n) is 6.07. The maximum absolute atomic E-state index is 12.0. The quantitative estimate of drug-likeness (QED) is 0.547. The first kappa shape index (κ1) is 20.4. The molecule has 1 aromatic heterocycles. The number of aromatic nitrogens is 2. The van der Waals surface area contributed by atoms with Crippen molar-refractivity contribution in [1.29, 1.82) is 0 Å². The summed E-state index contributed by atoms with van der Waals surface area (Å²) in [4.78, 5) is 12.0. The van der Waals surface area contributed by atoms with Crippen LogP contribution in [0.4, 0.5) is 0 Å². The molecule has 0 radical (unpaired) electrons. The van der Waals surface area contributed by atoms with Crippen molar-refractivity contribution in [1.82, 2.24) is 9.78 Å². The molecule has 1 aliphatic rings. The molecule has 30 heavy (non-hydrogen) atoms. The van der Waals surface area contributed by atoms with E-state index >= 15 is 0 Å². The van der Waals surface area contributed by atoms with Gasteiger partial charge in [0.25, 0.3) is 0 Å². The minimum Gasteiger partial charge on any atom is -0.478 e. The van der Waals surface area contributed by atoms with Crippen LogP contribution in [0.25, 0.3) is 16.9 Å². The van der Waals surface area contributed by atoms with Gasteiger partial charge in [-0.1, -0.05) is 74.9 Å². The lowest BCUT2D eigenvalue weighted by molar-refractivity contribution is 0.0697. The van der Waals surface area contributed by atoms with Crippen LogP contribution in [-0.4, -0.2) is 20.9 Å². The molecule has 0 atom stereocenters. The molecular formula is C26H30N2O2. The maximum Gasteiger partial charge on any atom is 0.336 e. The first-order valence-corrected chi connectivity index (χ1v) is 11.2. The molecule has 0 amide bonds. The van der Waals surface area contributed by atoms with Crippen LogP contribution < -0.4 is 0 Å². The number of carboxylic acid groups (broad SMARTS) is 1. The zero-order chi connectivity index (χ0) is 20.8. The first-order valence-electron chi connectivity index (χ1n) is 11.2. The number of nitrogens with zero attached hydrogens (tertiary/aromatic N) is 2. The molecule has 0 spiro atoms. The molecular weight excluding hydrogens is 372 g/mol. The number of aromatic carboxylic acids is 1. The number of carboxylic acids is 1. The Kier molecular flexibility index (Phi) is 6.63. The average Bonchev–Trinajstić information content (AvgIpc) is 3.12. The summed E-state index contributed by atoms with van der Waals surface area (Å²) in [6.07, 6.45) is 11.9. The molecule has 0 saturated heterocycles. The second-order valence-electron chi connectivity index (χ2n) is 8.20. The molecule has 0 unspecified atom stereocenters. The fraction of sp³-hybridized carbons (Fsp3) is 0.385. The van der Waals surface area contributed by atoms with Crippen LogP contribution in [0.2, 0.25) is 0 Å². The Morgan fingerprint density at radius 2 is 1.37 bits per heavy atom. The Morgan fingerprint density at radius 3 is 2.07 bits per heavy atom. The lowest BCUT2D eigenvalue weighted by atomic mass is 9.94. The molecule has 4 rings (SSSR count). The molecule has 4 nitrogen and oxygen atoms in total. The highest BCUT2D eigenvalue weighted by Gasteiger charge is 2.23. The SMILES string of the molecule is O=C(O)c1ccccc1-c1c2c(nn1-c1ccccc1)CCCCCCCCCC2. The number of aryl methyl sites for hydroxylation is 1. The van der Waals surface area contributed by atoms with E-state index in [9.17, 15) is 9.90 Å². The van der Waals surface area contributed by atoms with Crippen LogP contribution in [0.15, 0.2) is 54.6 Å². The molecule has 3 aromatic rings. The van der Waals surface area contributed by atoms with E-state index in [2.05, 4.69) is 0 Å². The normalized spacial score (nSPS) is 15.6. The third-order valence-corrected chi connectivity index (χ3v) is 6.07. The van der Waals surface area contributed by atoms with E-state index in [4.69, 9.17) is 5.10 Å². The fourth-order valence-electron chi connectivity index (χ4n) is 4.52. The summed E-state index contributed by atoms with van der Waals surface area (Å²) in [6, 6.07) is 17.4. The lowest BCUT2D eigenvalue weighted by Gasteiger charge is -2.13. The minimum absolute atomic E-state index is 0.337. The van der Waals surface area contributed by atoms with Gasteiger partial charge in [-0.15, -0.1) is 0 Å². The van der Waals surface area contributed by atoms with Gasteiger partial charge in [-0.25, -0.2) is 9.48 Å². The summed E-state index contributed by atoms with van der Waals surface area (Å²) < 4.78 is 1.98. The zero-order valence-electron chi connectivity index (χ0n) is 17.5. The molecule has 156 valence electrons. The highest BCUT2D eigenvalue weighted by atomic mass is 16.4. The van der Waals surface area contributed by atoms with Crippen molar-refractivity contribution >= 4 is 5.97 Å². The highest BCUT2D eigenvalue weighted by molar-refractivity contribution is 5.96. The predicted molar refractivity (Wildman–Crippen MR) is 120 cm³/mol. The number of hydrogen-bond donors (Lipinski definition) is 1. The second kappa shape index (κ2) is 9.75. The Morgan fingerprint density at radius 1 is 0.767 bits per heavy atom. The predicted octanol–water partition coefficient (Wildman–Crippen LogP) is 6.46. The molecule has 2 aromatic carbocycles. The summed E-state index contributed by atoms with van der Waals surface area (Å²) in [7, 11) is 0. The number of para-hydroxylation sites is 1. The van der Waals surface area contributed by atoms with Gasteiger partial charge in [0.05, 0.1) is 22.6 Å². The van der Waals surface area contributed by atoms with Gasteiger partial charge in [-0.3, -0.25) is 0 Å². The molecule has 0 bridgehead atoms. The van der Waals surface area contributed by atoms with E-state index in [1.165, 1.54) is 44.1 Å². The smallest absolute Gasteiger partial charge is 0.336 e. The summed E-state index contributed by atoms with van der Waals surface area (Å²) in [5.41, 5.74) is 5.39. The molecule has 1 aliphatic carbocycles. The van der Waals surface area contributed by atoms with Crippen molar-refractivity contribution in [2.24, 2.45) is 0 Å². The summed E-state index contributed by atoms with van der Waals surface area (Å²) in [5.74, 6) is -0.895. The summed E-state index contributed by atoms with van der Waals surface area (Å²) in [6.45, 7) is 0. The molecule has 1 heterocycles. The van der Waals surface area contributed by atoms with Crippen molar-refractivity contribution in [3.8, 4) is 16.9 Å². The van der Waals surface area contributed by atoms with Crippen molar-refractivity contribution in [2.75, 3.05) is 0 Å². The van der Waals surface area contributed by atoms with Gasteiger partial charge in [-0.05, 0) is 43.9 Å². The first-order chi connectivity index (χ1) is 14.8. The Bertz CT molecular complexity index is 992. The van der Waals surface area contributed by atoms with E-state index in [0.29, 0.717) is 5.56 Å². The molecule has 0 fully saturated rings. The van der Waals surface area contributed by atoms with Crippen LogP contribution >= 0.6 is 0 Å². The number of fused-ring (bicyclic) bond motifs is 1. The van der Waals surface area contributed by atoms with Crippen LogP contribution in [0.1, 0.15) is 73.0 Å². The number of rotatable bonds is 3. The topological polar surface area (TPSA) is 55.1 Å². The average molecular weight is 403 g/mol. The molecule has 0 saturated carbocycles. The van der Waals surface area contributed by atoms with E-state index in [-0.39, 0.29) is 0 Å². The van der Waals surface area contributed by atoms with Gasteiger partial charge in [0, 0.05) is 11.1 Å². The van der Waals surface area contributed by atoms with Crippen LogP contribution in [0, 0.1) is 0 Å². The van der Waals surface area contributed by atoms with Gasteiger partial charge in [-0.2, -0.15) is 5.10 Å². The molecule has 1 N–H and O–H groups in total. The lowest BCUT2D eigenvalue weighted by Crippen LogP contribution is -2.05. The van der Waals surface area contributed by atoms with Gasteiger partial charge < -0.3 is 5.11 Å². The van der Waals surface area contributed by atoms with E-state index in [1.807, 2.05) is 47.1 Å². The summed E-state index contributed by atoms with van der Waals surface area (Å²) in [5, 5.41) is 14.9. The van der Waals surface area contributed by atoms with Gasteiger partial charge in [0.2, 0.25) is 0 Å². The van der Waals surface area contributed by atoms with Crippen molar-refractivity contribution in [2.45, 2.75) is 64.2 Å². The third kappa shape index (κ3) is 4.48. The Balaban J connectivity index is 1.88. The monoisotopic (exact) mass is 402 g/mol. The second-order valence-corrected chi connectivity index (χ2v) is 8.20. The standard InChI is InChI=1S/C26H30N2O2/c29-26(30)22-17-13-12-16-21(22)25-23-18-10-5-3-1-2-4-6-11-19-24(23)27-28(25)20-14-8-7-9-15-20/h7-9,12-17H,1-6,10-11,18-19H2,(H,29,30).